The topological polar surface area (TPSA) is 29.1 Å². The van der Waals surface area contributed by atoms with Crippen LogP contribution in [0.1, 0.15) is 15.9 Å². The third kappa shape index (κ3) is 3.47. The molecule has 2 aromatic carbocycles. The molecule has 20 heavy (non-hydrogen) atoms. The van der Waals surface area contributed by atoms with E-state index < -0.39 is 0 Å². The van der Waals surface area contributed by atoms with E-state index in [4.69, 9.17) is 34.8 Å². The number of anilines is 1. The van der Waals surface area contributed by atoms with Gasteiger partial charge in [0, 0.05) is 15.1 Å². The van der Waals surface area contributed by atoms with Crippen molar-refractivity contribution in [3.8, 4) is 0 Å². The normalized spacial score (nSPS) is 10.4. The molecule has 0 unspecified atom stereocenters. The Balaban J connectivity index is 2.35. The summed E-state index contributed by atoms with van der Waals surface area (Å²) in [6.45, 7) is 1.84. The average Bonchev–Trinajstić information content (AvgIpc) is 2.38. The maximum atomic E-state index is 12.2. The van der Waals surface area contributed by atoms with Gasteiger partial charge in [0.1, 0.15) is 0 Å². The van der Waals surface area contributed by atoms with Gasteiger partial charge in [-0.2, -0.15) is 0 Å². The van der Waals surface area contributed by atoms with Gasteiger partial charge < -0.3 is 5.32 Å². The largest absolute Gasteiger partial charge is 0.319 e. The molecule has 2 nitrogen and oxygen atoms in total. The first kappa shape index (κ1) is 15.6. The van der Waals surface area contributed by atoms with E-state index in [2.05, 4.69) is 21.2 Å². The highest BCUT2D eigenvalue weighted by atomic mass is 79.9. The van der Waals surface area contributed by atoms with Crippen LogP contribution in [0.15, 0.2) is 34.8 Å². The first-order valence-corrected chi connectivity index (χ1v) is 7.53. The van der Waals surface area contributed by atoms with Crippen molar-refractivity contribution in [1.82, 2.24) is 0 Å². The van der Waals surface area contributed by atoms with Crippen LogP contribution in [0.2, 0.25) is 15.1 Å². The molecule has 0 atom stereocenters. The van der Waals surface area contributed by atoms with Crippen LogP contribution in [0.5, 0.6) is 0 Å². The number of rotatable bonds is 2. The number of halogens is 4. The summed E-state index contributed by atoms with van der Waals surface area (Å²) in [6.07, 6.45) is 0. The standard InChI is InChI=1S/C14H9BrCl3NO/c1-7-2-3-11(17)13(12(7)18)19-14(20)8-4-9(15)6-10(16)5-8/h2-6H,1H3,(H,19,20). The molecule has 0 aliphatic rings. The number of hydrogen-bond donors (Lipinski definition) is 1. The lowest BCUT2D eigenvalue weighted by Gasteiger charge is -2.11. The minimum absolute atomic E-state index is 0.331. The fraction of sp³-hybridized carbons (Fsp3) is 0.0714. The fourth-order valence-electron chi connectivity index (χ4n) is 1.64. The molecule has 2 rings (SSSR count). The molecule has 1 amide bonds. The molecule has 0 aliphatic carbocycles. The van der Waals surface area contributed by atoms with Gasteiger partial charge in [-0.05, 0) is 36.8 Å². The average molecular weight is 393 g/mol. The SMILES string of the molecule is Cc1ccc(Cl)c(NC(=O)c2cc(Cl)cc(Br)c2)c1Cl. The summed E-state index contributed by atoms with van der Waals surface area (Å²) in [5.74, 6) is -0.331. The van der Waals surface area contributed by atoms with Gasteiger partial charge in [-0.15, -0.1) is 0 Å². The monoisotopic (exact) mass is 391 g/mol. The maximum absolute atomic E-state index is 12.2. The van der Waals surface area contributed by atoms with Crippen molar-refractivity contribution in [2.24, 2.45) is 0 Å². The van der Waals surface area contributed by atoms with E-state index in [1.54, 1.807) is 30.3 Å². The van der Waals surface area contributed by atoms with Gasteiger partial charge in [0.2, 0.25) is 0 Å². The van der Waals surface area contributed by atoms with Crippen molar-refractivity contribution < 1.29 is 4.79 Å². The van der Waals surface area contributed by atoms with Crippen molar-refractivity contribution in [2.45, 2.75) is 6.92 Å². The number of nitrogens with one attached hydrogen (secondary N) is 1. The second-order valence-corrected chi connectivity index (χ2v) is 6.30. The summed E-state index contributed by atoms with van der Waals surface area (Å²) >= 11 is 21.4. The Bertz CT molecular complexity index is 668. The lowest BCUT2D eigenvalue weighted by molar-refractivity contribution is 0.102. The number of amides is 1. The van der Waals surface area contributed by atoms with E-state index >= 15 is 0 Å². The second-order valence-electron chi connectivity index (χ2n) is 4.17. The molecule has 0 aromatic heterocycles. The molecular formula is C14H9BrCl3NO. The molecule has 0 spiro atoms. The van der Waals surface area contributed by atoms with Crippen LogP contribution in [-0.2, 0) is 0 Å². The van der Waals surface area contributed by atoms with Crippen LogP contribution in [0.4, 0.5) is 5.69 Å². The van der Waals surface area contributed by atoms with E-state index in [0.29, 0.717) is 26.3 Å². The van der Waals surface area contributed by atoms with E-state index in [-0.39, 0.29) is 5.91 Å². The Morgan fingerprint density at radius 1 is 1.15 bits per heavy atom. The van der Waals surface area contributed by atoms with Gasteiger partial charge in [-0.1, -0.05) is 56.8 Å². The molecule has 0 heterocycles. The van der Waals surface area contributed by atoms with Crippen LogP contribution in [0.25, 0.3) is 0 Å². The van der Waals surface area contributed by atoms with Crippen molar-refractivity contribution in [2.75, 3.05) is 5.32 Å². The molecule has 6 heteroatoms. The summed E-state index contributed by atoms with van der Waals surface area (Å²) < 4.78 is 0.719. The second kappa shape index (κ2) is 6.35. The van der Waals surface area contributed by atoms with Crippen LogP contribution >= 0.6 is 50.7 Å². The Hall–Kier alpha value is -0.740. The summed E-state index contributed by atoms with van der Waals surface area (Å²) in [7, 11) is 0. The molecule has 104 valence electrons. The van der Waals surface area contributed by atoms with Gasteiger partial charge >= 0.3 is 0 Å². The minimum Gasteiger partial charge on any atom is -0.319 e. The van der Waals surface area contributed by atoms with Crippen LogP contribution < -0.4 is 5.32 Å². The summed E-state index contributed by atoms with van der Waals surface area (Å²) in [5, 5.41) is 3.98. The van der Waals surface area contributed by atoms with Gasteiger partial charge in [0.05, 0.1) is 15.7 Å². The number of aryl methyl sites for hydroxylation is 1. The van der Waals surface area contributed by atoms with Crippen LogP contribution in [0.3, 0.4) is 0 Å². The zero-order chi connectivity index (χ0) is 14.9. The van der Waals surface area contributed by atoms with E-state index in [0.717, 1.165) is 10.0 Å². The molecule has 2 aromatic rings. The summed E-state index contributed by atoms with van der Waals surface area (Å²) in [6, 6.07) is 8.41. The molecule has 0 aliphatic heterocycles. The molecule has 0 radical (unpaired) electrons. The predicted molar refractivity (Wildman–Crippen MR) is 88.3 cm³/mol. The molecule has 0 fully saturated rings. The van der Waals surface area contributed by atoms with E-state index in [1.807, 2.05) is 6.92 Å². The summed E-state index contributed by atoms with van der Waals surface area (Å²) in [4.78, 5) is 12.2. The Morgan fingerprint density at radius 3 is 2.50 bits per heavy atom. The van der Waals surface area contributed by atoms with E-state index in [9.17, 15) is 4.79 Å². The Morgan fingerprint density at radius 2 is 1.85 bits per heavy atom. The quantitative estimate of drug-likeness (QED) is 0.669. The maximum Gasteiger partial charge on any atom is 0.255 e. The molecule has 0 saturated carbocycles. The number of benzene rings is 2. The molecule has 1 N–H and O–H groups in total. The lowest BCUT2D eigenvalue weighted by Crippen LogP contribution is -2.13. The highest BCUT2D eigenvalue weighted by Gasteiger charge is 2.14. The van der Waals surface area contributed by atoms with Crippen LogP contribution in [0, 0.1) is 6.92 Å². The lowest BCUT2D eigenvalue weighted by atomic mass is 10.2. The zero-order valence-corrected chi connectivity index (χ0v) is 14.2. The minimum atomic E-state index is -0.331. The Kier molecular flexibility index (Phi) is 4.97. The molecule has 0 saturated heterocycles. The highest BCUT2D eigenvalue weighted by molar-refractivity contribution is 9.10. The van der Waals surface area contributed by atoms with Crippen molar-refractivity contribution in [1.29, 1.82) is 0 Å². The molecule has 0 bridgehead atoms. The zero-order valence-electron chi connectivity index (χ0n) is 10.3. The number of hydrogen-bond acceptors (Lipinski definition) is 1. The van der Waals surface area contributed by atoms with Gasteiger partial charge in [-0.25, -0.2) is 0 Å². The molecular weight excluding hydrogens is 384 g/mol. The predicted octanol–water partition coefficient (Wildman–Crippen LogP) is 5.97. The van der Waals surface area contributed by atoms with Gasteiger partial charge in [-0.3, -0.25) is 4.79 Å². The third-order valence-corrected chi connectivity index (χ3v) is 4.13. The number of carbonyl (C=O) groups is 1. The van der Waals surface area contributed by atoms with E-state index in [1.165, 1.54) is 0 Å². The first-order valence-electron chi connectivity index (χ1n) is 5.60. The van der Waals surface area contributed by atoms with Crippen molar-refractivity contribution in [3.63, 3.8) is 0 Å². The highest BCUT2D eigenvalue weighted by Crippen LogP contribution is 2.33. The number of carbonyl (C=O) groups excluding carboxylic acids is 1. The van der Waals surface area contributed by atoms with Crippen LogP contribution in [-0.4, -0.2) is 5.91 Å². The third-order valence-electron chi connectivity index (χ3n) is 2.65. The van der Waals surface area contributed by atoms with Gasteiger partial charge in [0.15, 0.2) is 0 Å². The first-order chi connectivity index (χ1) is 9.38. The van der Waals surface area contributed by atoms with Gasteiger partial charge in [0.25, 0.3) is 5.91 Å². The fourth-order valence-corrected chi connectivity index (χ4v) is 2.97. The van der Waals surface area contributed by atoms with Crippen molar-refractivity contribution >= 4 is 62.3 Å². The Labute approximate surface area is 140 Å². The summed E-state index contributed by atoms with van der Waals surface area (Å²) in [5.41, 5.74) is 1.64. The van der Waals surface area contributed by atoms with Crippen molar-refractivity contribution in [3.05, 3.63) is 61.0 Å². The smallest absolute Gasteiger partial charge is 0.255 e.